The number of nitrogens with zero attached hydrogens (tertiary/aromatic N) is 1. The van der Waals surface area contributed by atoms with Crippen molar-refractivity contribution in [2.75, 3.05) is 11.9 Å². The van der Waals surface area contributed by atoms with Crippen LogP contribution in [-0.4, -0.2) is 23.3 Å². The van der Waals surface area contributed by atoms with Crippen molar-refractivity contribution in [3.8, 4) is 0 Å². The Bertz CT molecular complexity index is 698. The van der Waals surface area contributed by atoms with E-state index in [1.165, 1.54) is 11.3 Å². The molecule has 0 saturated carbocycles. The number of aromatic nitrogens is 1. The van der Waals surface area contributed by atoms with E-state index in [0.29, 0.717) is 35.1 Å². The third-order valence-electron chi connectivity index (χ3n) is 2.93. The van der Waals surface area contributed by atoms with Gasteiger partial charge in [-0.2, -0.15) is 0 Å². The van der Waals surface area contributed by atoms with Gasteiger partial charge in [-0.25, -0.2) is 4.98 Å². The molecule has 0 radical (unpaired) electrons. The van der Waals surface area contributed by atoms with E-state index in [1.807, 2.05) is 5.38 Å². The molecular formula is C16H16ClN3O2S. The molecule has 0 atom stereocenters. The maximum Gasteiger partial charge on any atom is 0.257 e. The smallest absolute Gasteiger partial charge is 0.257 e. The average Bonchev–Trinajstić information content (AvgIpc) is 2.99. The average molecular weight is 350 g/mol. The largest absolute Gasteiger partial charge is 0.353 e. The molecule has 0 fully saturated rings. The molecule has 0 bridgehead atoms. The van der Waals surface area contributed by atoms with Crippen LogP contribution in [0.15, 0.2) is 42.3 Å². The minimum Gasteiger partial charge on any atom is -0.353 e. The second kappa shape index (κ2) is 8.45. The van der Waals surface area contributed by atoms with Crippen molar-refractivity contribution in [3.05, 3.63) is 58.6 Å². The lowest BCUT2D eigenvalue weighted by atomic mass is 10.2. The topological polar surface area (TPSA) is 71.1 Å². The Morgan fingerprint density at radius 1 is 1.30 bits per heavy atom. The van der Waals surface area contributed by atoms with Gasteiger partial charge < -0.3 is 5.32 Å². The second-order valence-corrected chi connectivity index (χ2v) is 5.99. The highest BCUT2D eigenvalue weighted by Crippen LogP contribution is 2.18. The van der Waals surface area contributed by atoms with Gasteiger partial charge in [-0.3, -0.25) is 14.9 Å². The molecule has 0 spiro atoms. The summed E-state index contributed by atoms with van der Waals surface area (Å²) in [5.74, 6) is -0.295. The molecule has 1 aromatic heterocycles. The molecule has 1 aromatic carbocycles. The maximum atomic E-state index is 12.1. The van der Waals surface area contributed by atoms with Crippen LogP contribution in [0.5, 0.6) is 0 Å². The van der Waals surface area contributed by atoms with Crippen LogP contribution in [0.25, 0.3) is 0 Å². The molecule has 5 nitrogen and oxygen atoms in total. The van der Waals surface area contributed by atoms with Crippen LogP contribution in [0, 0.1) is 0 Å². The van der Waals surface area contributed by atoms with Gasteiger partial charge in [-0.15, -0.1) is 17.9 Å². The molecule has 0 aliphatic rings. The number of hydrogen-bond donors (Lipinski definition) is 2. The van der Waals surface area contributed by atoms with Gasteiger partial charge in [0.2, 0.25) is 5.91 Å². The highest BCUT2D eigenvalue weighted by Gasteiger charge is 2.10. The summed E-state index contributed by atoms with van der Waals surface area (Å²) in [6.07, 6.45) is 2.50. The Morgan fingerprint density at radius 2 is 2.04 bits per heavy atom. The number of amides is 2. The highest BCUT2D eigenvalue weighted by atomic mass is 35.5. The van der Waals surface area contributed by atoms with Gasteiger partial charge in [0.1, 0.15) is 0 Å². The molecule has 1 heterocycles. The number of carbonyl (C=O) groups excluding carboxylic acids is 2. The van der Waals surface area contributed by atoms with E-state index in [1.54, 1.807) is 30.3 Å². The lowest BCUT2D eigenvalue weighted by Gasteiger charge is -2.02. The van der Waals surface area contributed by atoms with Crippen LogP contribution in [-0.2, 0) is 11.2 Å². The van der Waals surface area contributed by atoms with Crippen molar-refractivity contribution in [2.24, 2.45) is 0 Å². The van der Waals surface area contributed by atoms with Crippen molar-refractivity contribution in [1.82, 2.24) is 10.3 Å². The first-order chi connectivity index (χ1) is 11.1. The van der Waals surface area contributed by atoms with E-state index < -0.39 is 0 Å². The van der Waals surface area contributed by atoms with E-state index >= 15 is 0 Å². The summed E-state index contributed by atoms with van der Waals surface area (Å²) >= 11 is 7.12. The third kappa shape index (κ3) is 5.50. The van der Waals surface area contributed by atoms with Gasteiger partial charge in [-0.05, 0) is 30.7 Å². The summed E-state index contributed by atoms with van der Waals surface area (Å²) in [6.45, 7) is 4.00. The molecule has 0 aliphatic carbocycles. The van der Waals surface area contributed by atoms with Crippen LogP contribution in [0.2, 0.25) is 5.02 Å². The second-order valence-electron chi connectivity index (χ2n) is 4.70. The fraction of sp³-hybridized carbons (Fsp3) is 0.188. The zero-order chi connectivity index (χ0) is 16.7. The Labute approximate surface area is 143 Å². The number of aryl methyl sites for hydroxylation is 1. The zero-order valence-electron chi connectivity index (χ0n) is 12.3. The fourth-order valence-electron chi connectivity index (χ4n) is 1.77. The molecule has 2 rings (SSSR count). The van der Waals surface area contributed by atoms with Crippen molar-refractivity contribution >= 4 is 39.9 Å². The Morgan fingerprint density at radius 3 is 2.74 bits per heavy atom. The van der Waals surface area contributed by atoms with Gasteiger partial charge in [0, 0.05) is 28.9 Å². The zero-order valence-corrected chi connectivity index (χ0v) is 13.9. The molecular weight excluding hydrogens is 334 g/mol. The van der Waals surface area contributed by atoms with Crippen molar-refractivity contribution < 1.29 is 9.59 Å². The minimum absolute atomic E-state index is 0.0513. The number of halogens is 1. The predicted octanol–water partition coefficient (Wildman–Crippen LogP) is 3.28. The normalized spacial score (nSPS) is 10.1. The number of thiazole rings is 1. The number of hydrogen-bond acceptors (Lipinski definition) is 4. The van der Waals surface area contributed by atoms with Gasteiger partial charge in [0.25, 0.3) is 5.91 Å². The quantitative estimate of drug-likeness (QED) is 0.753. The van der Waals surface area contributed by atoms with Gasteiger partial charge in [-0.1, -0.05) is 17.7 Å². The summed E-state index contributed by atoms with van der Waals surface area (Å²) in [6, 6.07) is 6.61. The first-order valence-corrected chi connectivity index (χ1v) is 8.23. The number of carbonyl (C=O) groups is 2. The Kier molecular flexibility index (Phi) is 6.31. The standard InChI is InChI=1S/C16H16ClN3O2S/c1-2-9-18-14(21)8-7-13-10-23-16(19-13)20-15(22)11-3-5-12(17)6-4-11/h2-6,10H,1,7-9H2,(H,18,21)(H,19,20,22). The maximum absolute atomic E-state index is 12.1. The molecule has 0 aliphatic heterocycles. The third-order valence-corrected chi connectivity index (χ3v) is 3.99. The van der Waals surface area contributed by atoms with Crippen LogP contribution in [0.1, 0.15) is 22.5 Å². The summed E-state index contributed by atoms with van der Waals surface area (Å²) in [4.78, 5) is 27.9. The molecule has 0 saturated heterocycles. The number of benzene rings is 1. The van der Waals surface area contributed by atoms with Gasteiger partial charge >= 0.3 is 0 Å². The first-order valence-electron chi connectivity index (χ1n) is 6.97. The summed E-state index contributed by atoms with van der Waals surface area (Å²) in [5, 5.41) is 8.35. The summed E-state index contributed by atoms with van der Waals surface area (Å²) in [5.41, 5.74) is 1.28. The SMILES string of the molecule is C=CCNC(=O)CCc1csc(NC(=O)c2ccc(Cl)cc2)n1. The molecule has 0 unspecified atom stereocenters. The Hall–Kier alpha value is -2.18. The van der Waals surface area contributed by atoms with Crippen LogP contribution in [0.4, 0.5) is 5.13 Å². The molecule has 2 amide bonds. The number of anilines is 1. The number of nitrogens with one attached hydrogen (secondary N) is 2. The van der Waals surface area contributed by atoms with Gasteiger partial charge in [0.05, 0.1) is 5.69 Å². The van der Waals surface area contributed by atoms with Crippen LogP contribution >= 0.6 is 22.9 Å². The minimum atomic E-state index is -0.244. The molecule has 120 valence electrons. The first kappa shape index (κ1) is 17.2. The van der Waals surface area contributed by atoms with E-state index in [4.69, 9.17) is 11.6 Å². The predicted molar refractivity (Wildman–Crippen MR) is 93.0 cm³/mol. The number of rotatable bonds is 7. The fourth-order valence-corrected chi connectivity index (χ4v) is 2.63. The van der Waals surface area contributed by atoms with Crippen molar-refractivity contribution in [2.45, 2.75) is 12.8 Å². The van der Waals surface area contributed by atoms with E-state index in [2.05, 4.69) is 22.2 Å². The van der Waals surface area contributed by atoms with Crippen LogP contribution in [0.3, 0.4) is 0 Å². The molecule has 2 N–H and O–H groups in total. The molecule has 23 heavy (non-hydrogen) atoms. The molecule has 7 heteroatoms. The van der Waals surface area contributed by atoms with E-state index in [-0.39, 0.29) is 11.8 Å². The van der Waals surface area contributed by atoms with E-state index in [0.717, 1.165) is 5.69 Å². The Balaban J connectivity index is 1.86. The van der Waals surface area contributed by atoms with Crippen molar-refractivity contribution in [3.63, 3.8) is 0 Å². The van der Waals surface area contributed by atoms with E-state index in [9.17, 15) is 9.59 Å². The lowest BCUT2D eigenvalue weighted by molar-refractivity contribution is -0.120. The summed E-state index contributed by atoms with van der Waals surface area (Å²) < 4.78 is 0. The summed E-state index contributed by atoms with van der Waals surface area (Å²) in [7, 11) is 0. The van der Waals surface area contributed by atoms with Crippen molar-refractivity contribution in [1.29, 1.82) is 0 Å². The lowest BCUT2D eigenvalue weighted by Crippen LogP contribution is -2.23. The monoisotopic (exact) mass is 349 g/mol. The highest BCUT2D eigenvalue weighted by molar-refractivity contribution is 7.14. The molecule has 2 aromatic rings. The van der Waals surface area contributed by atoms with Crippen LogP contribution < -0.4 is 10.6 Å². The van der Waals surface area contributed by atoms with Gasteiger partial charge in [0.15, 0.2) is 5.13 Å².